The molecule has 0 saturated carbocycles. The molecule has 0 atom stereocenters. The zero-order chi connectivity index (χ0) is 23.7. The van der Waals surface area contributed by atoms with Gasteiger partial charge in [-0.2, -0.15) is 0 Å². The van der Waals surface area contributed by atoms with Gasteiger partial charge in [-0.15, -0.1) is 0 Å². The van der Waals surface area contributed by atoms with E-state index in [-0.39, 0.29) is 0 Å². The maximum Gasteiger partial charge on any atom is 0.335 e. The second kappa shape index (κ2) is 16.0. The summed E-state index contributed by atoms with van der Waals surface area (Å²) in [6, 6.07) is 7.36. The van der Waals surface area contributed by atoms with Crippen molar-refractivity contribution >= 4 is 11.5 Å². The predicted octanol–water partition coefficient (Wildman–Crippen LogP) is 6.56. The van der Waals surface area contributed by atoms with Gasteiger partial charge in [-0.05, 0) is 37.7 Å². The van der Waals surface area contributed by atoms with Gasteiger partial charge in [0.2, 0.25) is 0 Å². The fourth-order valence-electron chi connectivity index (χ4n) is 3.40. The molecule has 2 rings (SSSR count). The summed E-state index contributed by atoms with van der Waals surface area (Å²) in [6.07, 6.45) is 14.7. The molecule has 2 aromatic rings. The standard InChI is InChI=1S/C27H38N2O4/c1-3-5-6-7-8-9-12-25(27(30)31)22-13-15-23(16-14-22)26-28-20-24(21-29-26)33-19-11-10-18-32-17-4-2/h12-16,20-21H,3-11,17-19H2,1-2H3,(H,30,31). The Kier molecular flexibility index (Phi) is 12.8. The molecule has 0 amide bonds. The smallest absolute Gasteiger partial charge is 0.335 e. The first-order valence-corrected chi connectivity index (χ1v) is 12.2. The lowest BCUT2D eigenvalue weighted by molar-refractivity contribution is -0.130. The number of ether oxygens (including phenoxy) is 2. The summed E-state index contributed by atoms with van der Waals surface area (Å²) in [5, 5.41) is 9.61. The van der Waals surface area contributed by atoms with E-state index in [0.717, 1.165) is 57.3 Å². The molecule has 0 bridgehead atoms. The van der Waals surface area contributed by atoms with Gasteiger partial charge in [-0.3, -0.25) is 0 Å². The van der Waals surface area contributed by atoms with Crippen molar-refractivity contribution in [3.8, 4) is 17.1 Å². The van der Waals surface area contributed by atoms with E-state index >= 15 is 0 Å². The number of carboxylic acid groups (broad SMARTS) is 1. The van der Waals surface area contributed by atoms with Crippen molar-refractivity contribution in [3.05, 3.63) is 48.3 Å². The Bertz CT molecular complexity index is 832. The Balaban J connectivity index is 1.86. The Hall–Kier alpha value is -2.73. The van der Waals surface area contributed by atoms with Gasteiger partial charge in [-0.25, -0.2) is 14.8 Å². The molecule has 0 aliphatic heterocycles. The fourth-order valence-corrected chi connectivity index (χ4v) is 3.40. The molecule has 0 spiro atoms. The predicted molar refractivity (Wildman–Crippen MR) is 132 cm³/mol. The van der Waals surface area contributed by atoms with Crippen LogP contribution in [0.3, 0.4) is 0 Å². The van der Waals surface area contributed by atoms with Gasteiger partial charge in [0.15, 0.2) is 11.6 Å². The average Bonchev–Trinajstić information content (AvgIpc) is 2.83. The fraction of sp³-hybridized carbons (Fsp3) is 0.519. The van der Waals surface area contributed by atoms with Crippen molar-refractivity contribution in [1.29, 1.82) is 0 Å². The van der Waals surface area contributed by atoms with E-state index in [9.17, 15) is 9.90 Å². The number of carboxylic acids is 1. The summed E-state index contributed by atoms with van der Waals surface area (Å²) in [7, 11) is 0. The minimum Gasteiger partial charge on any atom is -0.490 e. The van der Waals surface area contributed by atoms with E-state index in [0.29, 0.717) is 29.3 Å². The Morgan fingerprint density at radius 2 is 1.58 bits per heavy atom. The topological polar surface area (TPSA) is 81.5 Å². The van der Waals surface area contributed by atoms with Gasteiger partial charge in [-0.1, -0.05) is 69.9 Å². The minimum absolute atomic E-state index is 0.349. The largest absolute Gasteiger partial charge is 0.490 e. The van der Waals surface area contributed by atoms with E-state index in [1.54, 1.807) is 12.4 Å². The summed E-state index contributed by atoms with van der Waals surface area (Å²) in [5.74, 6) is 0.324. The normalized spacial score (nSPS) is 11.5. The van der Waals surface area contributed by atoms with E-state index in [2.05, 4.69) is 23.8 Å². The molecule has 0 saturated heterocycles. The van der Waals surface area contributed by atoms with Gasteiger partial charge in [0.05, 0.1) is 24.6 Å². The van der Waals surface area contributed by atoms with Crippen molar-refractivity contribution in [1.82, 2.24) is 9.97 Å². The number of carbonyl (C=O) groups is 1. The highest BCUT2D eigenvalue weighted by Gasteiger charge is 2.11. The first-order chi connectivity index (χ1) is 16.2. The highest BCUT2D eigenvalue weighted by molar-refractivity contribution is 6.15. The SMILES string of the molecule is CCCCCCCC=C(C(=O)O)c1ccc(-c2ncc(OCCCCOCCC)cn2)cc1. The zero-order valence-corrected chi connectivity index (χ0v) is 20.1. The van der Waals surface area contributed by atoms with Crippen molar-refractivity contribution in [2.75, 3.05) is 19.8 Å². The maximum atomic E-state index is 11.7. The monoisotopic (exact) mass is 454 g/mol. The highest BCUT2D eigenvalue weighted by Crippen LogP contribution is 2.22. The second-order valence-corrected chi connectivity index (χ2v) is 8.11. The van der Waals surface area contributed by atoms with Gasteiger partial charge in [0, 0.05) is 18.8 Å². The number of aromatic nitrogens is 2. The number of hydrogen-bond donors (Lipinski definition) is 1. The molecule has 0 aliphatic rings. The molecule has 6 nitrogen and oxygen atoms in total. The van der Waals surface area contributed by atoms with Gasteiger partial charge in [0.1, 0.15) is 0 Å². The average molecular weight is 455 g/mol. The molecule has 1 aromatic carbocycles. The number of rotatable bonds is 17. The maximum absolute atomic E-state index is 11.7. The summed E-state index contributed by atoms with van der Waals surface area (Å²) in [6.45, 7) is 6.47. The lowest BCUT2D eigenvalue weighted by Crippen LogP contribution is -2.02. The lowest BCUT2D eigenvalue weighted by Gasteiger charge is -2.08. The molecular weight excluding hydrogens is 416 g/mol. The summed E-state index contributed by atoms with van der Waals surface area (Å²) >= 11 is 0. The van der Waals surface area contributed by atoms with Crippen LogP contribution in [0.4, 0.5) is 0 Å². The summed E-state index contributed by atoms with van der Waals surface area (Å²) < 4.78 is 11.2. The van der Waals surface area contributed by atoms with Crippen LogP contribution in [0, 0.1) is 0 Å². The van der Waals surface area contributed by atoms with Gasteiger partial charge >= 0.3 is 5.97 Å². The van der Waals surface area contributed by atoms with Crippen molar-refractivity contribution in [2.24, 2.45) is 0 Å². The Labute approximate surface area is 198 Å². The molecule has 0 fully saturated rings. The van der Waals surface area contributed by atoms with E-state index in [1.807, 2.05) is 30.3 Å². The van der Waals surface area contributed by atoms with Crippen LogP contribution in [0.25, 0.3) is 17.0 Å². The van der Waals surface area contributed by atoms with Gasteiger partial charge < -0.3 is 14.6 Å². The number of aliphatic carboxylic acids is 1. The molecular formula is C27H38N2O4. The first-order valence-electron chi connectivity index (χ1n) is 12.2. The van der Waals surface area contributed by atoms with E-state index in [4.69, 9.17) is 9.47 Å². The molecule has 1 N–H and O–H groups in total. The summed E-state index contributed by atoms with van der Waals surface area (Å²) in [5.41, 5.74) is 1.88. The van der Waals surface area contributed by atoms with Crippen LogP contribution in [-0.4, -0.2) is 40.9 Å². The van der Waals surface area contributed by atoms with E-state index < -0.39 is 5.97 Å². The Morgan fingerprint density at radius 3 is 2.24 bits per heavy atom. The Morgan fingerprint density at radius 1 is 0.879 bits per heavy atom. The quantitative estimate of drug-likeness (QED) is 0.215. The first kappa shape index (κ1) is 26.5. The van der Waals surface area contributed by atoms with E-state index in [1.165, 1.54) is 19.3 Å². The molecule has 180 valence electrons. The lowest BCUT2D eigenvalue weighted by atomic mass is 10.0. The number of unbranched alkanes of at least 4 members (excludes halogenated alkanes) is 6. The molecule has 1 heterocycles. The molecule has 6 heteroatoms. The molecule has 0 radical (unpaired) electrons. The van der Waals surface area contributed by atoms with Crippen LogP contribution in [0.15, 0.2) is 42.7 Å². The van der Waals surface area contributed by atoms with Crippen LogP contribution in [0.2, 0.25) is 0 Å². The van der Waals surface area contributed by atoms with Crippen LogP contribution in [0.1, 0.15) is 77.2 Å². The third kappa shape index (κ3) is 10.2. The van der Waals surface area contributed by atoms with Crippen molar-refractivity contribution in [2.45, 2.75) is 71.6 Å². The van der Waals surface area contributed by atoms with Crippen LogP contribution < -0.4 is 4.74 Å². The minimum atomic E-state index is -0.897. The third-order valence-corrected chi connectivity index (χ3v) is 5.27. The van der Waals surface area contributed by atoms with Crippen LogP contribution >= 0.6 is 0 Å². The molecule has 1 aromatic heterocycles. The zero-order valence-electron chi connectivity index (χ0n) is 20.1. The van der Waals surface area contributed by atoms with Crippen LogP contribution in [-0.2, 0) is 9.53 Å². The highest BCUT2D eigenvalue weighted by atomic mass is 16.5. The second-order valence-electron chi connectivity index (χ2n) is 8.11. The van der Waals surface area contributed by atoms with Crippen LogP contribution in [0.5, 0.6) is 5.75 Å². The molecule has 0 unspecified atom stereocenters. The number of hydrogen-bond acceptors (Lipinski definition) is 5. The van der Waals surface area contributed by atoms with Crippen molar-refractivity contribution in [3.63, 3.8) is 0 Å². The third-order valence-electron chi connectivity index (χ3n) is 5.27. The van der Waals surface area contributed by atoms with Gasteiger partial charge in [0.25, 0.3) is 0 Å². The summed E-state index contributed by atoms with van der Waals surface area (Å²) in [4.78, 5) is 20.5. The number of nitrogens with zero attached hydrogens (tertiary/aromatic N) is 2. The molecule has 33 heavy (non-hydrogen) atoms. The number of allylic oxidation sites excluding steroid dienone is 1. The number of benzene rings is 1. The molecule has 0 aliphatic carbocycles. The van der Waals surface area contributed by atoms with Crippen molar-refractivity contribution < 1.29 is 19.4 Å².